The standard InChI is InChI=1S/C22H26N6O4/c1-30-19-11-8-16(14-25-19)28-20(26-22(27-28)32-18-4-2-3-5-18)15-6-9-17(10-7-15)31-13-12-24-21(23)29/h6-11,14,18H,2-5,12-13H2,1H3,(H3,23,24,29). The number of methoxy groups -OCH3 is 1. The van der Waals surface area contributed by atoms with E-state index in [1.54, 1.807) is 24.1 Å². The molecule has 32 heavy (non-hydrogen) atoms. The van der Waals surface area contributed by atoms with Gasteiger partial charge in [0.25, 0.3) is 0 Å². The van der Waals surface area contributed by atoms with Gasteiger partial charge in [-0.15, -0.1) is 5.10 Å². The largest absolute Gasteiger partial charge is 0.492 e. The van der Waals surface area contributed by atoms with Crippen LogP contribution in [0.4, 0.5) is 4.79 Å². The SMILES string of the molecule is COc1ccc(-n2nc(OC3CCCC3)nc2-c2ccc(OCCNC(N)=O)cc2)cn1. The highest BCUT2D eigenvalue weighted by Gasteiger charge is 2.21. The van der Waals surface area contributed by atoms with E-state index in [0.29, 0.717) is 36.6 Å². The summed E-state index contributed by atoms with van der Waals surface area (Å²) in [6.45, 7) is 0.646. The van der Waals surface area contributed by atoms with Crippen LogP contribution in [0.5, 0.6) is 17.6 Å². The van der Waals surface area contributed by atoms with Gasteiger partial charge in [-0.05, 0) is 56.0 Å². The van der Waals surface area contributed by atoms with Gasteiger partial charge in [0.2, 0.25) is 5.88 Å². The fourth-order valence-electron chi connectivity index (χ4n) is 3.53. The quantitative estimate of drug-likeness (QED) is 0.492. The number of carbonyl (C=O) groups excluding carboxylic acids is 1. The fourth-order valence-corrected chi connectivity index (χ4v) is 3.53. The number of benzene rings is 1. The van der Waals surface area contributed by atoms with Gasteiger partial charge in [-0.2, -0.15) is 4.98 Å². The molecule has 4 rings (SSSR count). The first-order chi connectivity index (χ1) is 15.6. The highest BCUT2D eigenvalue weighted by Crippen LogP contribution is 2.28. The van der Waals surface area contributed by atoms with Gasteiger partial charge >= 0.3 is 12.0 Å². The number of amides is 2. The number of primary amides is 1. The molecule has 0 atom stereocenters. The second-order valence-corrected chi connectivity index (χ2v) is 7.38. The monoisotopic (exact) mass is 438 g/mol. The molecule has 2 aromatic heterocycles. The summed E-state index contributed by atoms with van der Waals surface area (Å²) in [5, 5.41) is 7.08. The predicted octanol–water partition coefficient (Wildman–Crippen LogP) is 2.71. The number of nitrogens with one attached hydrogen (secondary N) is 1. The van der Waals surface area contributed by atoms with Crippen molar-refractivity contribution in [1.29, 1.82) is 0 Å². The summed E-state index contributed by atoms with van der Waals surface area (Å²) >= 11 is 0. The minimum Gasteiger partial charge on any atom is -0.492 e. The average Bonchev–Trinajstić information content (AvgIpc) is 3.47. The molecule has 1 fully saturated rings. The summed E-state index contributed by atoms with van der Waals surface area (Å²) in [4.78, 5) is 19.7. The summed E-state index contributed by atoms with van der Waals surface area (Å²) < 4.78 is 18.5. The Kier molecular flexibility index (Phi) is 6.69. The van der Waals surface area contributed by atoms with Crippen molar-refractivity contribution in [3.8, 4) is 34.7 Å². The third-order valence-corrected chi connectivity index (χ3v) is 5.12. The van der Waals surface area contributed by atoms with E-state index in [1.807, 2.05) is 30.3 Å². The number of hydrogen-bond acceptors (Lipinski definition) is 7. The Morgan fingerprint density at radius 1 is 1.19 bits per heavy atom. The first-order valence-corrected chi connectivity index (χ1v) is 10.5. The van der Waals surface area contributed by atoms with Crippen LogP contribution in [0.25, 0.3) is 17.1 Å². The molecular formula is C22H26N6O4. The first kappa shape index (κ1) is 21.4. The fraction of sp³-hybridized carbons (Fsp3) is 0.364. The Morgan fingerprint density at radius 3 is 2.62 bits per heavy atom. The molecule has 0 unspecified atom stereocenters. The van der Waals surface area contributed by atoms with Crippen molar-refractivity contribution in [2.75, 3.05) is 20.3 Å². The maximum Gasteiger partial charge on any atom is 0.336 e. The molecule has 2 amide bonds. The van der Waals surface area contributed by atoms with Crippen LogP contribution in [0.15, 0.2) is 42.6 Å². The molecule has 0 aliphatic heterocycles. The Hall–Kier alpha value is -3.82. The van der Waals surface area contributed by atoms with Gasteiger partial charge in [0.15, 0.2) is 5.82 Å². The van der Waals surface area contributed by atoms with Crippen molar-refractivity contribution in [1.82, 2.24) is 25.1 Å². The molecule has 0 saturated heterocycles. The number of hydrogen-bond donors (Lipinski definition) is 2. The van der Waals surface area contributed by atoms with E-state index in [1.165, 1.54) is 0 Å². The molecule has 0 spiro atoms. The number of carbonyl (C=O) groups is 1. The Balaban J connectivity index is 1.56. The molecule has 0 radical (unpaired) electrons. The topological polar surface area (TPSA) is 126 Å². The maximum absolute atomic E-state index is 10.7. The molecule has 1 aliphatic rings. The van der Waals surface area contributed by atoms with Crippen molar-refractivity contribution in [3.63, 3.8) is 0 Å². The van der Waals surface area contributed by atoms with E-state index in [2.05, 4.69) is 20.4 Å². The van der Waals surface area contributed by atoms with E-state index in [-0.39, 0.29) is 6.10 Å². The van der Waals surface area contributed by atoms with Crippen LogP contribution >= 0.6 is 0 Å². The highest BCUT2D eigenvalue weighted by atomic mass is 16.5. The van der Waals surface area contributed by atoms with Crippen molar-refractivity contribution < 1.29 is 19.0 Å². The predicted molar refractivity (Wildman–Crippen MR) is 117 cm³/mol. The smallest absolute Gasteiger partial charge is 0.336 e. The normalized spacial score (nSPS) is 13.7. The Morgan fingerprint density at radius 2 is 1.97 bits per heavy atom. The molecule has 1 saturated carbocycles. The van der Waals surface area contributed by atoms with Gasteiger partial charge in [0, 0.05) is 11.6 Å². The van der Waals surface area contributed by atoms with Gasteiger partial charge in [-0.25, -0.2) is 14.5 Å². The summed E-state index contributed by atoms with van der Waals surface area (Å²) in [6, 6.07) is 10.9. The number of nitrogens with two attached hydrogens (primary N) is 1. The molecule has 10 nitrogen and oxygen atoms in total. The lowest BCUT2D eigenvalue weighted by atomic mass is 10.2. The van der Waals surface area contributed by atoms with Crippen molar-refractivity contribution in [3.05, 3.63) is 42.6 Å². The average molecular weight is 438 g/mol. The summed E-state index contributed by atoms with van der Waals surface area (Å²) in [5.74, 6) is 1.82. The van der Waals surface area contributed by atoms with Crippen LogP contribution in [0.2, 0.25) is 0 Å². The van der Waals surface area contributed by atoms with E-state index >= 15 is 0 Å². The number of nitrogens with zero attached hydrogens (tertiary/aromatic N) is 4. The highest BCUT2D eigenvalue weighted by molar-refractivity contribution is 5.71. The third kappa shape index (κ3) is 5.26. The molecule has 3 N–H and O–H groups in total. The molecule has 1 aliphatic carbocycles. The van der Waals surface area contributed by atoms with E-state index in [9.17, 15) is 4.79 Å². The van der Waals surface area contributed by atoms with E-state index in [0.717, 1.165) is 36.9 Å². The summed E-state index contributed by atoms with van der Waals surface area (Å²) in [6.07, 6.45) is 6.19. The lowest BCUT2D eigenvalue weighted by molar-refractivity contribution is 0.192. The van der Waals surface area contributed by atoms with Gasteiger partial charge in [-0.1, -0.05) is 0 Å². The van der Waals surface area contributed by atoms with Crippen LogP contribution in [0.1, 0.15) is 25.7 Å². The van der Waals surface area contributed by atoms with Crippen LogP contribution in [0, 0.1) is 0 Å². The van der Waals surface area contributed by atoms with Gasteiger partial charge in [0.1, 0.15) is 18.5 Å². The summed E-state index contributed by atoms with van der Waals surface area (Å²) in [5.41, 5.74) is 6.63. The number of ether oxygens (including phenoxy) is 3. The zero-order valence-electron chi connectivity index (χ0n) is 17.9. The second-order valence-electron chi connectivity index (χ2n) is 7.38. The van der Waals surface area contributed by atoms with Crippen LogP contribution < -0.4 is 25.3 Å². The van der Waals surface area contributed by atoms with Gasteiger partial charge < -0.3 is 25.3 Å². The first-order valence-electron chi connectivity index (χ1n) is 10.5. The minimum atomic E-state index is -0.577. The van der Waals surface area contributed by atoms with Gasteiger partial charge in [0.05, 0.1) is 25.5 Å². The second kappa shape index (κ2) is 9.99. The molecule has 10 heteroatoms. The molecule has 1 aromatic carbocycles. The lowest BCUT2D eigenvalue weighted by Gasteiger charge is -2.08. The number of pyridine rings is 1. The van der Waals surface area contributed by atoms with Crippen LogP contribution in [-0.2, 0) is 0 Å². The van der Waals surface area contributed by atoms with Crippen LogP contribution in [-0.4, -0.2) is 52.1 Å². The van der Waals surface area contributed by atoms with Gasteiger partial charge in [-0.3, -0.25) is 0 Å². The van der Waals surface area contributed by atoms with Crippen molar-refractivity contribution in [2.24, 2.45) is 5.73 Å². The molecular weight excluding hydrogens is 412 g/mol. The lowest BCUT2D eigenvalue weighted by Crippen LogP contribution is -2.32. The maximum atomic E-state index is 10.7. The number of urea groups is 1. The minimum absolute atomic E-state index is 0.150. The molecule has 2 heterocycles. The third-order valence-electron chi connectivity index (χ3n) is 5.12. The van der Waals surface area contributed by atoms with Crippen LogP contribution in [0.3, 0.4) is 0 Å². The molecule has 168 valence electrons. The van der Waals surface area contributed by atoms with E-state index in [4.69, 9.17) is 19.9 Å². The van der Waals surface area contributed by atoms with E-state index < -0.39 is 6.03 Å². The van der Waals surface area contributed by atoms with Crippen molar-refractivity contribution in [2.45, 2.75) is 31.8 Å². The molecule has 0 bridgehead atoms. The Labute approximate surface area is 185 Å². The summed E-state index contributed by atoms with van der Waals surface area (Å²) in [7, 11) is 1.57. The zero-order chi connectivity index (χ0) is 22.3. The number of aromatic nitrogens is 4. The number of rotatable bonds is 9. The molecule has 3 aromatic rings. The Bertz CT molecular complexity index is 1030. The zero-order valence-corrected chi connectivity index (χ0v) is 17.9. The van der Waals surface area contributed by atoms with Crippen molar-refractivity contribution >= 4 is 6.03 Å².